The predicted octanol–water partition coefficient (Wildman–Crippen LogP) is 3.23. The number of hydrogen-bond donors (Lipinski definition) is 3. The Morgan fingerprint density at radius 3 is 2.38 bits per heavy atom. The fraction of sp³-hybridized carbons (Fsp3) is 0.500. The van der Waals surface area contributed by atoms with Gasteiger partial charge in [-0.3, -0.25) is 0 Å². The van der Waals surface area contributed by atoms with Crippen LogP contribution in [0, 0.1) is 5.92 Å². The maximum Gasteiger partial charge on any atom is 0.329 e. The van der Waals surface area contributed by atoms with Crippen LogP contribution in [0.15, 0.2) is 30.3 Å². The normalized spacial score (nSPS) is 25.1. The zero-order valence-electron chi connectivity index (χ0n) is 12.3. The molecule has 114 valence electrons. The van der Waals surface area contributed by atoms with Crippen molar-refractivity contribution in [2.24, 2.45) is 5.92 Å². The summed E-state index contributed by atoms with van der Waals surface area (Å²) in [5.41, 5.74) is -0.484. The largest absolute Gasteiger partial charge is 0.480 e. The molecule has 5 nitrogen and oxygen atoms in total. The van der Waals surface area contributed by atoms with E-state index in [-0.39, 0.29) is 0 Å². The Morgan fingerprint density at radius 1 is 1.24 bits per heavy atom. The monoisotopic (exact) mass is 290 g/mol. The second-order valence-electron chi connectivity index (χ2n) is 5.68. The molecule has 0 aliphatic heterocycles. The maximum absolute atomic E-state index is 12.1. The van der Waals surface area contributed by atoms with E-state index < -0.39 is 17.5 Å². The molecule has 0 spiro atoms. The quantitative estimate of drug-likeness (QED) is 0.796. The van der Waals surface area contributed by atoms with E-state index in [4.69, 9.17) is 0 Å². The molecule has 0 atom stereocenters. The molecule has 0 radical (unpaired) electrons. The fourth-order valence-corrected chi connectivity index (χ4v) is 2.87. The Hall–Kier alpha value is -2.04. The lowest BCUT2D eigenvalue weighted by molar-refractivity contribution is -0.146. The van der Waals surface area contributed by atoms with Crippen molar-refractivity contribution in [1.82, 2.24) is 5.32 Å². The van der Waals surface area contributed by atoms with Crippen LogP contribution in [0.5, 0.6) is 0 Å². The van der Waals surface area contributed by atoms with Crippen LogP contribution >= 0.6 is 0 Å². The molecule has 1 saturated carbocycles. The van der Waals surface area contributed by atoms with Crippen LogP contribution in [0.4, 0.5) is 10.5 Å². The molecular formula is C16H22N2O3. The molecule has 1 aliphatic rings. The number of urea groups is 1. The van der Waals surface area contributed by atoms with Crippen molar-refractivity contribution >= 4 is 17.7 Å². The Bertz CT molecular complexity index is 494. The smallest absolute Gasteiger partial charge is 0.329 e. The van der Waals surface area contributed by atoms with Gasteiger partial charge in [-0.25, -0.2) is 9.59 Å². The fourth-order valence-electron chi connectivity index (χ4n) is 2.87. The number of benzene rings is 1. The molecule has 0 aromatic heterocycles. The number of aliphatic carboxylic acids is 1. The first-order chi connectivity index (χ1) is 10.1. The highest BCUT2D eigenvalue weighted by molar-refractivity contribution is 5.93. The minimum atomic E-state index is -1.13. The van der Waals surface area contributed by atoms with Crippen molar-refractivity contribution in [2.75, 3.05) is 5.32 Å². The third-order valence-corrected chi connectivity index (χ3v) is 4.33. The second kappa shape index (κ2) is 6.61. The summed E-state index contributed by atoms with van der Waals surface area (Å²) in [5.74, 6) is -0.378. The predicted molar refractivity (Wildman–Crippen MR) is 81.2 cm³/mol. The zero-order valence-corrected chi connectivity index (χ0v) is 12.3. The summed E-state index contributed by atoms with van der Waals surface area (Å²) in [6.07, 6.45) is 3.72. The summed E-state index contributed by atoms with van der Waals surface area (Å²) >= 11 is 0. The van der Waals surface area contributed by atoms with Gasteiger partial charge in [0, 0.05) is 5.69 Å². The van der Waals surface area contributed by atoms with Gasteiger partial charge in [0.15, 0.2) is 0 Å². The lowest BCUT2D eigenvalue weighted by Crippen LogP contribution is -2.57. The molecule has 0 bridgehead atoms. The van der Waals surface area contributed by atoms with Gasteiger partial charge in [0.2, 0.25) is 0 Å². The third-order valence-electron chi connectivity index (χ3n) is 4.33. The van der Waals surface area contributed by atoms with E-state index in [9.17, 15) is 14.7 Å². The van der Waals surface area contributed by atoms with Crippen LogP contribution in [-0.2, 0) is 4.79 Å². The molecule has 1 aliphatic carbocycles. The number of rotatable bonds is 4. The minimum Gasteiger partial charge on any atom is -0.480 e. The van der Waals surface area contributed by atoms with Crippen molar-refractivity contribution in [2.45, 2.75) is 44.6 Å². The van der Waals surface area contributed by atoms with Gasteiger partial charge in [-0.1, -0.05) is 31.5 Å². The van der Waals surface area contributed by atoms with Crippen molar-refractivity contribution in [3.8, 4) is 0 Å². The number of para-hydroxylation sites is 1. The second-order valence-corrected chi connectivity index (χ2v) is 5.68. The highest BCUT2D eigenvalue weighted by Crippen LogP contribution is 2.34. The Labute approximate surface area is 124 Å². The van der Waals surface area contributed by atoms with E-state index in [1.807, 2.05) is 18.2 Å². The van der Waals surface area contributed by atoms with Gasteiger partial charge in [-0.2, -0.15) is 0 Å². The average Bonchev–Trinajstić information content (AvgIpc) is 2.48. The lowest BCUT2D eigenvalue weighted by atomic mass is 9.75. The molecule has 0 unspecified atom stereocenters. The molecular weight excluding hydrogens is 268 g/mol. The lowest BCUT2D eigenvalue weighted by Gasteiger charge is -2.37. The number of carbonyl (C=O) groups excluding carboxylic acids is 1. The topological polar surface area (TPSA) is 78.4 Å². The summed E-state index contributed by atoms with van der Waals surface area (Å²) in [5, 5.41) is 14.9. The first-order valence-corrected chi connectivity index (χ1v) is 7.43. The molecule has 0 heterocycles. The molecule has 0 saturated heterocycles. The number of carboxylic acids is 1. The third kappa shape index (κ3) is 3.74. The number of carbonyl (C=O) groups is 2. The summed E-state index contributed by atoms with van der Waals surface area (Å²) in [6.45, 7) is 2.12. The number of anilines is 1. The highest BCUT2D eigenvalue weighted by Gasteiger charge is 2.42. The zero-order chi connectivity index (χ0) is 15.3. The van der Waals surface area contributed by atoms with E-state index >= 15 is 0 Å². The van der Waals surface area contributed by atoms with Gasteiger partial charge in [-0.15, -0.1) is 0 Å². The average molecular weight is 290 g/mol. The molecule has 5 heteroatoms. The van der Waals surface area contributed by atoms with Gasteiger partial charge < -0.3 is 15.7 Å². The summed E-state index contributed by atoms with van der Waals surface area (Å²) < 4.78 is 0. The van der Waals surface area contributed by atoms with E-state index in [1.165, 1.54) is 0 Å². The number of carboxylic acid groups (broad SMARTS) is 1. The van der Waals surface area contributed by atoms with Gasteiger partial charge >= 0.3 is 12.0 Å². The van der Waals surface area contributed by atoms with Gasteiger partial charge in [0.05, 0.1) is 0 Å². The van der Waals surface area contributed by atoms with Crippen molar-refractivity contribution in [1.29, 1.82) is 0 Å². The molecule has 21 heavy (non-hydrogen) atoms. The van der Waals surface area contributed by atoms with E-state index in [0.717, 1.165) is 19.3 Å². The highest BCUT2D eigenvalue weighted by atomic mass is 16.4. The molecule has 2 amide bonds. The van der Waals surface area contributed by atoms with Crippen LogP contribution in [0.3, 0.4) is 0 Å². The van der Waals surface area contributed by atoms with Gasteiger partial charge in [-0.05, 0) is 43.7 Å². The summed E-state index contributed by atoms with van der Waals surface area (Å²) in [4.78, 5) is 23.7. The minimum absolute atomic E-state index is 0.460. The van der Waals surface area contributed by atoms with Crippen LogP contribution in [0.1, 0.15) is 39.0 Å². The van der Waals surface area contributed by atoms with Crippen molar-refractivity contribution < 1.29 is 14.7 Å². The Morgan fingerprint density at radius 2 is 1.86 bits per heavy atom. The van der Waals surface area contributed by atoms with E-state index in [2.05, 4.69) is 17.6 Å². The van der Waals surface area contributed by atoms with Gasteiger partial charge in [0.25, 0.3) is 0 Å². The van der Waals surface area contributed by atoms with Crippen molar-refractivity contribution in [3.05, 3.63) is 30.3 Å². The standard InChI is InChI=1S/C16H22N2O3/c1-2-12-8-10-16(11-9-12,14(19)20)18-15(21)17-13-6-4-3-5-7-13/h3-7,12H,2,8-11H2,1H3,(H,19,20)(H2,17,18,21). The Kier molecular flexibility index (Phi) is 4.83. The molecule has 2 rings (SSSR count). The summed E-state index contributed by atoms with van der Waals surface area (Å²) in [7, 11) is 0. The summed E-state index contributed by atoms with van der Waals surface area (Å²) in [6, 6.07) is 8.55. The molecule has 1 aromatic carbocycles. The number of hydrogen-bond acceptors (Lipinski definition) is 2. The maximum atomic E-state index is 12.1. The molecule has 3 N–H and O–H groups in total. The number of nitrogens with one attached hydrogen (secondary N) is 2. The van der Waals surface area contributed by atoms with Crippen LogP contribution in [-0.4, -0.2) is 22.6 Å². The van der Waals surface area contributed by atoms with Crippen LogP contribution in [0.25, 0.3) is 0 Å². The number of amides is 2. The Balaban J connectivity index is 2.00. The molecule has 1 aromatic rings. The van der Waals surface area contributed by atoms with Crippen molar-refractivity contribution in [3.63, 3.8) is 0 Å². The first-order valence-electron chi connectivity index (χ1n) is 7.43. The molecule has 1 fully saturated rings. The van der Waals surface area contributed by atoms with Crippen LogP contribution < -0.4 is 10.6 Å². The SMILES string of the molecule is CCC1CCC(NC(=O)Nc2ccccc2)(C(=O)O)CC1. The van der Waals surface area contributed by atoms with Gasteiger partial charge in [0.1, 0.15) is 5.54 Å². The first kappa shape index (κ1) is 15.4. The van der Waals surface area contributed by atoms with E-state index in [0.29, 0.717) is 24.4 Å². The van der Waals surface area contributed by atoms with E-state index in [1.54, 1.807) is 12.1 Å². The van der Waals surface area contributed by atoms with Crippen LogP contribution in [0.2, 0.25) is 0 Å².